The monoisotopic (exact) mass is 339 g/mol. The SMILES string of the molecule is CC(N)=O.CCCCCCCCCCO.O=C(O)c1ccccc1. The molecule has 1 aromatic rings. The van der Waals surface area contributed by atoms with E-state index in [0.717, 1.165) is 6.42 Å². The van der Waals surface area contributed by atoms with E-state index in [1.165, 1.54) is 51.9 Å². The van der Waals surface area contributed by atoms with Gasteiger partial charge >= 0.3 is 5.97 Å². The van der Waals surface area contributed by atoms with E-state index in [2.05, 4.69) is 12.7 Å². The molecule has 5 nitrogen and oxygen atoms in total. The smallest absolute Gasteiger partial charge is 0.335 e. The van der Waals surface area contributed by atoms with Gasteiger partial charge in [0.15, 0.2) is 0 Å². The highest BCUT2D eigenvalue weighted by Gasteiger charge is 1.96. The molecular formula is C19H33NO4. The standard InChI is InChI=1S/C10H22O.C7H6O2.C2H5NO/c1-2-3-4-5-6-7-8-9-10-11;8-7(9)6-4-2-1-3-5-6;1-2(3)4/h11H,2-10H2,1H3;1-5H,(H,8,9);1H3,(H2,3,4). The van der Waals surface area contributed by atoms with Gasteiger partial charge < -0.3 is 15.9 Å². The molecule has 0 heterocycles. The van der Waals surface area contributed by atoms with Gasteiger partial charge in [-0.05, 0) is 18.6 Å². The minimum absolute atomic E-state index is 0.331. The Kier molecular flexibility index (Phi) is 19.5. The molecular weight excluding hydrogens is 306 g/mol. The van der Waals surface area contributed by atoms with Gasteiger partial charge in [0.2, 0.25) is 5.91 Å². The molecule has 1 aromatic carbocycles. The average molecular weight is 339 g/mol. The van der Waals surface area contributed by atoms with Crippen LogP contribution >= 0.6 is 0 Å². The number of primary amides is 1. The number of carbonyl (C=O) groups excluding carboxylic acids is 1. The summed E-state index contributed by atoms with van der Waals surface area (Å²) in [7, 11) is 0. The number of hydrogen-bond acceptors (Lipinski definition) is 3. The highest BCUT2D eigenvalue weighted by Crippen LogP contribution is 2.07. The minimum Gasteiger partial charge on any atom is -0.478 e. The van der Waals surface area contributed by atoms with Crippen molar-refractivity contribution in [1.82, 2.24) is 0 Å². The molecule has 0 unspecified atom stereocenters. The predicted molar refractivity (Wildman–Crippen MR) is 98.0 cm³/mol. The lowest BCUT2D eigenvalue weighted by Crippen LogP contribution is -2.01. The van der Waals surface area contributed by atoms with Crippen LogP contribution in [0.1, 0.15) is 75.6 Å². The Hall–Kier alpha value is -1.88. The Bertz CT molecular complexity index is 395. The predicted octanol–water partition coefficient (Wildman–Crippen LogP) is 4.00. The van der Waals surface area contributed by atoms with Crippen molar-refractivity contribution < 1.29 is 19.8 Å². The molecule has 0 fully saturated rings. The number of carbonyl (C=O) groups is 2. The zero-order valence-corrected chi connectivity index (χ0v) is 15.0. The number of rotatable bonds is 9. The second kappa shape index (κ2) is 19.2. The number of unbranched alkanes of at least 4 members (excludes halogenated alkanes) is 7. The van der Waals surface area contributed by atoms with Gasteiger partial charge in [0.25, 0.3) is 0 Å². The molecule has 0 saturated heterocycles. The molecule has 138 valence electrons. The molecule has 0 saturated carbocycles. The van der Waals surface area contributed by atoms with Crippen molar-refractivity contribution in [1.29, 1.82) is 0 Å². The summed E-state index contributed by atoms with van der Waals surface area (Å²) in [5.74, 6) is -1.21. The fourth-order valence-corrected chi connectivity index (χ4v) is 1.83. The first-order valence-corrected chi connectivity index (χ1v) is 8.60. The van der Waals surface area contributed by atoms with E-state index in [-0.39, 0.29) is 5.91 Å². The van der Waals surface area contributed by atoms with Crippen LogP contribution in [0.4, 0.5) is 0 Å². The Morgan fingerprint density at radius 3 is 1.67 bits per heavy atom. The number of aliphatic hydroxyl groups is 1. The molecule has 0 aliphatic rings. The maximum Gasteiger partial charge on any atom is 0.335 e. The fourth-order valence-electron chi connectivity index (χ4n) is 1.83. The lowest BCUT2D eigenvalue weighted by molar-refractivity contribution is -0.115. The van der Waals surface area contributed by atoms with Gasteiger partial charge in [0.1, 0.15) is 0 Å². The van der Waals surface area contributed by atoms with Crippen LogP contribution in [0.5, 0.6) is 0 Å². The summed E-state index contributed by atoms with van der Waals surface area (Å²) in [5, 5.41) is 16.9. The van der Waals surface area contributed by atoms with E-state index in [4.69, 9.17) is 10.2 Å². The molecule has 1 amide bonds. The zero-order chi connectivity index (χ0) is 18.6. The maximum atomic E-state index is 10.2. The van der Waals surface area contributed by atoms with Crippen LogP contribution in [-0.2, 0) is 4.79 Å². The summed E-state index contributed by atoms with van der Waals surface area (Å²) >= 11 is 0. The number of benzene rings is 1. The molecule has 0 aliphatic carbocycles. The maximum absolute atomic E-state index is 10.2. The third-order valence-electron chi connectivity index (χ3n) is 3.03. The van der Waals surface area contributed by atoms with E-state index >= 15 is 0 Å². The highest BCUT2D eigenvalue weighted by atomic mass is 16.4. The van der Waals surface area contributed by atoms with Gasteiger partial charge in [0, 0.05) is 13.5 Å². The van der Waals surface area contributed by atoms with Gasteiger partial charge in [-0.15, -0.1) is 0 Å². The van der Waals surface area contributed by atoms with Crippen molar-refractivity contribution >= 4 is 11.9 Å². The van der Waals surface area contributed by atoms with Gasteiger partial charge in [-0.25, -0.2) is 4.79 Å². The van der Waals surface area contributed by atoms with Crippen molar-refractivity contribution in [3.8, 4) is 0 Å². The highest BCUT2D eigenvalue weighted by molar-refractivity contribution is 5.87. The Morgan fingerprint density at radius 2 is 1.33 bits per heavy atom. The van der Waals surface area contributed by atoms with Crippen LogP contribution in [0.25, 0.3) is 0 Å². The summed E-state index contributed by atoms with van der Waals surface area (Å²) in [6, 6.07) is 8.30. The molecule has 0 atom stereocenters. The molecule has 0 aromatic heterocycles. The molecule has 0 spiro atoms. The normalized spacial score (nSPS) is 9.12. The summed E-state index contributed by atoms with van der Waals surface area (Å²) in [6.07, 6.45) is 10.4. The van der Waals surface area contributed by atoms with E-state index in [1.54, 1.807) is 30.3 Å². The van der Waals surface area contributed by atoms with E-state index in [0.29, 0.717) is 12.2 Å². The second-order valence-corrected chi connectivity index (χ2v) is 5.48. The Labute approximate surface area is 145 Å². The summed E-state index contributed by atoms with van der Waals surface area (Å²) < 4.78 is 0. The van der Waals surface area contributed by atoms with E-state index in [1.807, 2.05) is 0 Å². The molecule has 0 aliphatic heterocycles. The molecule has 4 N–H and O–H groups in total. The average Bonchev–Trinajstić information content (AvgIpc) is 2.55. The first-order valence-electron chi connectivity index (χ1n) is 8.60. The number of carboxylic acid groups (broad SMARTS) is 1. The minimum atomic E-state index is -0.879. The molecule has 5 heteroatoms. The Balaban J connectivity index is 0. The summed E-state index contributed by atoms with van der Waals surface area (Å²) in [4.78, 5) is 19.4. The molecule has 24 heavy (non-hydrogen) atoms. The van der Waals surface area contributed by atoms with Crippen molar-refractivity contribution in [3.63, 3.8) is 0 Å². The van der Waals surface area contributed by atoms with Gasteiger partial charge in [-0.2, -0.15) is 0 Å². The number of carboxylic acids is 1. The molecule has 1 rings (SSSR count). The third kappa shape index (κ3) is 22.4. The number of hydrogen-bond donors (Lipinski definition) is 3. The first kappa shape index (κ1) is 24.4. The first-order chi connectivity index (χ1) is 11.5. The Morgan fingerprint density at radius 1 is 0.917 bits per heavy atom. The fraction of sp³-hybridized carbons (Fsp3) is 0.579. The van der Waals surface area contributed by atoms with Crippen molar-refractivity contribution in [2.75, 3.05) is 6.61 Å². The van der Waals surface area contributed by atoms with Crippen LogP contribution in [0.3, 0.4) is 0 Å². The summed E-state index contributed by atoms with van der Waals surface area (Å²) in [6.45, 7) is 3.92. The van der Waals surface area contributed by atoms with Crippen LogP contribution < -0.4 is 5.73 Å². The zero-order valence-electron chi connectivity index (χ0n) is 15.0. The number of aromatic carboxylic acids is 1. The largest absolute Gasteiger partial charge is 0.478 e. The van der Waals surface area contributed by atoms with Crippen LogP contribution in [0.15, 0.2) is 30.3 Å². The quantitative estimate of drug-likeness (QED) is 0.592. The lowest BCUT2D eigenvalue weighted by atomic mass is 10.1. The number of amides is 1. The van der Waals surface area contributed by atoms with Crippen LogP contribution in [0, 0.1) is 0 Å². The van der Waals surface area contributed by atoms with Gasteiger partial charge in [-0.1, -0.05) is 70.1 Å². The third-order valence-corrected chi connectivity index (χ3v) is 3.03. The van der Waals surface area contributed by atoms with Crippen molar-refractivity contribution in [2.24, 2.45) is 5.73 Å². The van der Waals surface area contributed by atoms with Crippen molar-refractivity contribution in [3.05, 3.63) is 35.9 Å². The van der Waals surface area contributed by atoms with Crippen molar-refractivity contribution in [2.45, 2.75) is 65.2 Å². The van der Waals surface area contributed by atoms with Crippen LogP contribution in [-0.4, -0.2) is 28.7 Å². The lowest BCUT2D eigenvalue weighted by Gasteiger charge is -1.98. The second-order valence-electron chi connectivity index (χ2n) is 5.48. The molecule has 0 radical (unpaired) electrons. The van der Waals surface area contributed by atoms with Crippen LogP contribution in [0.2, 0.25) is 0 Å². The molecule has 0 bridgehead atoms. The van der Waals surface area contributed by atoms with E-state index in [9.17, 15) is 9.59 Å². The topological polar surface area (TPSA) is 101 Å². The summed E-state index contributed by atoms with van der Waals surface area (Å²) in [5.41, 5.74) is 4.80. The van der Waals surface area contributed by atoms with Gasteiger partial charge in [0.05, 0.1) is 5.56 Å². The van der Waals surface area contributed by atoms with Gasteiger partial charge in [-0.3, -0.25) is 4.79 Å². The number of aliphatic hydroxyl groups excluding tert-OH is 1. The number of nitrogens with two attached hydrogens (primary N) is 1. The van der Waals surface area contributed by atoms with E-state index < -0.39 is 5.97 Å².